The molecule has 0 saturated carbocycles. The number of hydrogen-bond donors (Lipinski definition) is 1. The van der Waals surface area contributed by atoms with E-state index in [9.17, 15) is 18.0 Å². The van der Waals surface area contributed by atoms with E-state index in [0.29, 0.717) is 22.2 Å². The number of carbonyl (C=O) groups is 2. The van der Waals surface area contributed by atoms with Crippen molar-refractivity contribution >= 4 is 50.7 Å². The summed E-state index contributed by atoms with van der Waals surface area (Å²) < 4.78 is 26.0. The molecule has 2 amide bonds. The number of rotatable bonds is 10. The molecule has 1 atom stereocenters. The SMILES string of the molecule is CC(C)CNC(=O)[C@@H](C)N(Cc1cccc(Cl)c1)C(=O)CN(c1cccc(Cl)c1)S(C)(=O)=O. The zero-order valence-corrected chi connectivity index (χ0v) is 21.4. The third kappa shape index (κ3) is 8.21. The van der Waals surface area contributed by atoms with Crippen LogP contribution in [-0.4, -0.2) is 50.5 Å². The molecule has 0 aliphatic heterocycles. The van der Waals surface area contributed by atoms with E-state index in [1.54, 1.807) is 49.4 Å². The molecule has 10 heteroatoms. The van der Waals surface area contributed by atoms with Crippen molar-refractivity contribution < 1.29 is 18.0 Å². The highest BCUT2D eigenvalue weighted by Gasteiger charge is 2.30. The van der Waals surface area contributed by atoms with Gasteiger partial charge in [0.15, 0.2) is 0 Å². The molecule has 7 nitrogen and oxygen atoms in total. The molecule has 0 fully saturated rings. The molecule has 0 bridgehead atoms. The topological polar surface area (TPSA) is 86.8 Å². The summed E-state index contributed by atoms with van der Waals surface area (Å²) in [4.78, 5) is 27.5. The molecule has 0 aromatic heterocycles. The first-order valence-corrected chi connectivity index (χ1v) is 13.0. The lowest BCUT2D eigenvalue weighted by Gasteiger charge is -2.31. The van der Waals surface area contributed by atoms with E-state index < -0.39 is 28.5 Å². The van der Waals surface area contributed by atoms with Gasteiger partial charge >= 0.3 is 0 Å². The summed E-state index contributed by atoms with van der Waals surface area (Å²) in [6.45, 7) is 5.61. The number of carbonyl (C=O) groups excluding carboxylic acids is 2. The number of amides is 2. The van der Waals surface area contributed by atoms with Crippen molar-refractivity contribution in [3.8, 4) is 0 Å². The summed E-state index contributed by atoms with van der Waals surface area (Å²) in [5.41, 5.74) is 0.978. The van der Waals surface area contributed by atoms with Crippen LogP contribution in [-0.2, 0) is 26.2 Å². The lowest BCUT2D eigenvalue weighted by Crippen LogP contribution is -2.51. The molecule has 0 spiro atoms. The van der Waals surface area contributed by atoms with Crippen LogP contribution >= 0.6 is 23.2 Å². The largest absolute Gasteiger partial charge is 0.354 e. The van der Waals surface area contributed by atoms with E-state index >= 15 is 0 Å². The van der Waals surface area contributed by atoms with Crippen LogP contribution in [0.15, 0.2) is 48.5 Å². The van der Waals surface area contributed by atoms with Gasteiger partial charge in [-0.15, -0.1) is 0 Å². The van der Waals surface area contributed by atoms with Gasteiger partial charge in [-0.2, -0.15) is 0 Å². The molecule has 0 heterocycles. The Balaban J connectivity index is 2.36. The highest BCUT2D eigenvalue weighted by atomic mass is 35.5. The third-order valence-electron chi connectivity index (χ3n) is 4.87. The molecule has 2 rings (SSSR count). The summed E-state index contributed by atoms with van der Waals surface area (Å²) >= 11 is 12.1. The predicted molar refractivity (Wildman–Crippen MR) is 133 cm³/mol. The normalized spacial score (nSPS) is 12.3. The molecule has 2 aromatic rings. The molecule has 33 heavy (non-hydrogen) atoms. The fourth-order valence-electron chi connectivity index (χ4n) is 3.11. The molecular weight excluding hydrogens is 485 g/mol. The van der Waals surface area contributed by atoms with E-state index in [1.807, 2.05) is 13.8 Å². The number of halogens is 2. The molecule has 0 unspecified atom stereocenters. The van der Waals surface area contributed by atoms with Crippen LogP contribution < -0.4 is 9.62 Å². The van der Waals surface area contributed by atoms with E-state index in [0.717, 1.165) is 10.6 Å². The molecule has 2 aromatic carbocycles. The Hall–Kier alpha value is -2.29. The first-order chi connectivity index (χ1) is 15.4. The quantitative estimate of drug-likeness (QED) is 0.520. The minimum Gasteiger partial charge on any atom is -0.354 e. The summed E-state index contributed by atoms with van der Waals surface area (Å²) in [7, 11) is -3.80. The van der Waals surface area contributed by atoms with Crippen molar-refractivity contribution in [2.75, 3.05) is 23.7 Å². The Morgan fingerprint density at radius 2 is 1.61 bits per heavy atom. The van der Waals surface area contributed by atoms with Gasteiger partial charge in [-0.05, 0) is 48.7 Å². The van der Waals surface area contributed by atoms with Crippen molar-refractivity contribution in [3.63, 3.8) is 0 Å². The smallest absolute Gasteiger partial charge is 0.244 e. The standard InChI is InChI=1S/C23H29Cl2N3O4S/c1-16(2)13-26-23(30)17(3)27(14-18-7-5-8-19(24)11-18)22(29)15-28(33(4,31)32)21-10-6-9-20(25)12-21/h5-12,16-17H,13-15H2,1-4H3,(H,26,30)/t17-/m1/s1. The zero-order chi connectivity index (χ0) is 24.8. The van der Waals surface area contributed by atoms with Gasteiger partial charge in [0.05, 0.1) is 11.9 Å². The number of sulfonamides is 1. The maximum Gasteiger partial charge on any atom is 0.244 e. The first-order valence-electron chi connectivity index (χ1n) is 10.4. The summed E-state index contributed by atoms with van der Waals surface area (Å²) in [6.07, 6.45) is 1.02. The summed E-state index contributed by atoms with van der Waals surface area (Å²) in [6, 6.07) is 12.3. The van der Waals surface area contributed by atoms with E-state index in [-0.39, 0.29) is 24.1 Å². The average Bonchev–Trinajstić information content (AvgIpc) is 2.72. The molecule has 0 saturated heterocycles. The molecule has 0 radical (unpaired) electrons. The summed E-state index contributed by atoms with van der Waals surface area (Å²) in [5, 5.41) is 3.66. The highest BCUT2D eigenvalue weighted by molar-refractivity contribution is 7.92. The lowest BCUT2D eigenvalue weighted by atomic mass is 10.1. The van der Waals surface area contributed by atoms with E-state index in [2.05, 4.69) is 5.32 Å². The predicted octanol–water partition coefficient (Wildman–Crippen LogP) is 3.95. The minimum absolute atomic E-state index is 0.0861. The van der Waals surface area contributed by atoms with Crippen molar-refractivity contribution in [2.45, 2.75) is 33.4 Å². The minimum atomic E-state index is -3.80. The number of benzene rings is 2. The number of nitrogens with one attached hydrogen (secondary N) is 1. The van der Waals surface area contributed by atoms with Gasteiger partial charge in [-0.25, -0.2) is 8.42 Å². The van der Waals surface area contributed by atoms with Crippen molar-refractivity contribution in [2.24, 2.45) is 5.92 Å². The Morgan fingerprint density at radius 1 is 1.00 bits per heavy atom. The van der Waals surface area contributed by atoms with Gasteiger partial charge in [0, 0.05) is 23.1 Å². The number of hydrogen-bond acceptors (Lipinski definition) is 4. The zero-order valence-electron chi connectivity index (χ0n) is 19.1. The van der Waals surface area contributed by atoms with Gasteiger partial charge in [-0.1, -0.05) is 55.2 Å². The lowest BCUT2D eigenvalue weighted by molar-refractivity contribution is -0.139. The number of nitrogens with zero attached hydrogens (tertiary/aromatic N) is 2. The third-order valence-corrected chi connectivity index (χ3v) is 6.48. The molecule has 1 N–H and O–H groups in total. The van der Waals surface area contributed by atoms with Crippen molar-refractivity contribution in [3.05, 3.63) is 64.1 Å². The second-order valence-corrected chi connectivity index (χ2v) is 11.0. The van der Waals surface area contributed by atoms with Crippen LogP contribution in [0.4, 0.5) is 5.69 Å². The van der Waals surface area contributed by atoms with Gasteiger partial charge in [0.25, 0.3) is 0 Å². The van der Waals surface area contributed by atoms with Crippen LogP contribution in [0.3, 0.4) is 0 Å². The van der Waals surface area contributed by atoms with Crippen LogP contribution in [0.5, 0.6) is 0 Å². The van der Waals surface area contributed by atoms with Gasteiger partial charge in [0.2, 0.25) is 21.8 Å². The van der Waals surface area contributed by atoms with Crippen molar-refractivity contribution in [1.82, 2.24) is 10.2 Å². The van der Waals surface area contributed by atoms with Crippen LogP contribution in [0.1, 0.15) is 26.3 Å². The number of anilines is 1. The maximum absolute atomic E-state index is 13.4. The molecule has 180 valence electrons. The van der Waals surface area contributed by atoms with Crippen LogP contribution in [0.2, 0.25) is 10.0 Å². The fourth-order valence-corrected chi connectivity index (χ4v) is 4.35. The second-order valence-electron chi connectivity index (χ2n) is 8.22. The Kier molecular flexibility index (Phi) is 9.57. The Morgan fingerprint density at radius 3 is 2.15 bits per heavy atom. The summed E-state index contributed by atoms with van der Waals surface area (Å²) in [5.74, 6) is -0.623. The van der Waals surface area contributed by atoms with Gasteiger partial charge < -0.3 is 10.2 Å². The van der Waals surface area contributed by atoms with Gasteiger partial charge in [0.1, 0.15) is 12.6 Å². The van der Waals surface area contributed by atoms with Crippen molar-refractivity contribution in [1.29, 1.82) is 0 Å². The van der Waals surface area contributed by atoms with E-state index in [1.165, 1.54) is 11.0 Å². The van der Waals surface area contributed by atoms with Crippen LogP contribution in [0, 0.1) is 5.92 Å². The van der Waals surface area contributed by atoms with Crippen LogP contribution in [0.25, 0.3) is 0 Å². The maximum atomic E-state index is 13.4. The second kappa shape index (κ2) is 11.7. The van der Waals surface area contributed by atoms with Gasteiger partial charge in [-0.3, -0.25) is 13.9 Å². The molecule has 0 aliphatic rings. The first kappa shape index (κ1) is 27.0. The fraction of sp³-hybridized carbons (Fsp3) is 0.391. The molecule has 0 aliphatic carbocycles. The average molecular weight is 514 g/mol. The monoisotopic (exact) mass is 513 g/mol. The highest BCUT2D eigenvalue weighted by Crippen LogP contribution is 2.23. The van der Waals surface area contributed by atoms with E-state index in [4.69, 9.17) is 23.2 Å². The Bertz CT molecular complexity index is 1090. The molecular formula is C23H29Cl2N3O4S. The Labute approximate surface area is 205 Å².